The number of thioether (sulfide) groups is 1. The number of rotatable bonds is 4. The fourth-order valence-corrected chi connectivity index (χ4v) is 1.40. The predicted molar refractivity (Wildman–Crippen MR) is 68.0 cm³/mol. The molecule has 0 aliphatic heterocycles. The molecule has 0 radical (unpaired) electrons. The van der Waals surface area contributed by atoms with Crippen molar-refractivity contribution in [1.82, 2.24) is 0 Å². The van der Waals surface area contributed by atoms with Gasteiger partial charge in [0.15, 0.2) is 0 Å². The Morgan fingerprint density at radius 1 is 1.21 bits per heavy atom. The van der Waals surface area contributed by atoms with Crippen LogP contribution in [0.4, 0.5) is 0 Å². The largest absolute Gasteiger partial charge is 0.677 e. The van der Waals surface area contributed by atoms with Crippen molar-refractivity contribution in [3.63, 3.8) is 0 Å². The Morgan fingerprint density at radius 2 is 1.86 bits per heavy atom. The van der Waals surface area contributed by atoms with Gasteiger partial charge in [-0.15, -0.1) is 6.54 Å². The summed E-state index contributed by atoms with van der Waals surface area (Å²) < 4.78 is 0. The molecule has 0 aliphatic rings. The van der Waals surface area contributed by atoms with Gasteiger partial charge in [0.2, 0.25) is 0 Å². The van der Waals surface area contributed by atoms with Crippen LogP contribution in [-0.2, 0) is 6.42 Å². The van der Waals surface area contributed by atoms with Crippen LogP contribution in [0.5, 0.6) is 0 Å². The molecule has 0 saturated carbocycles. The van der Waals surface area contributed by atoms with Gasteiger partial charge in [0.25, 0.3) is 0 Å². The number of benzene rings is 1. The second-order valence-corrected chi connectivity index (χ2v) is 3.96. The zero-order valence-electron chi connectivity index (χ0n) is 9.12. The highest BCUT2D eigenvalue weighted by atomic mass is 32.2. The minimum Gasteiger partial charge on any atom is -0.677 e. The molecule has 14 heavy (non-hydrogen) atoms. The number of hydrogen-bond acceptors (Lipinski definition) is 1. The Labute approximate surface area is 92.1 Å². The minimum atomic E-state index is 0.490. The summed E-state index contributed by atoms with van der Waals surface area (Å²) in [4.78, 5) is 0. The van der Waals surface area contributed by atoms with Crippen LogP contribution in [0.1, 0.15) is 18.9 Å². The Kier molecular flexibility index (Phi) is 10.3. The molecular weight excluding hydrogens is 190 g/mol. The van der Waals surface area contributed by atoms with Crippen molar-refractivity contribution in [2.75, 3.05) is 18.6 Å². The predicted octanol–water partition coefficient (Wildman–Crippen LogP) is 4.04. The maximum absolute atomic E-state index is 6.94. The molecule has 0 saturated heterocycles. The van der Waals surface area contributed by atoms with Crippen LogP contribution in [0.2, 0.25) is 0 Å². The molecule has 1 aromatic carbocycles. The van der Waals surface area contributed by atoms with Crippen LogP contribution in [0.3, 0.4) is 0 Å². The van der Waals surface area contributed by atoms with E-state index < -0.39 is 0 Å². The lowest BCUT2D eigenvalue weighted by Gasteiger charge is -1.99. The number of nitrogens with one attached hydrogen (secondary N) is 1. The second-order valence-electron chi connectivity index (χ2n) is 2.98. The van der Waals surface area contributed by atoms with Gasteiger partial charge in [0.05, 0.1) is 0 Å². The first kappa shape index (κ1) is 13.5. The van der Waals surface area contributed by atoms with E-state index >= 15 is 0 Å². The lowest BCUT2D eigenvalue weighted by atomic mass is 10.2. The first-order valence-corrected chi connectivity index (χ1v) is 6.42. The summed E-state index contributed by atoms with van der Waals surface area (Å²) in [6, 6.07) is 10.1. The van der Waals surface area contributed by atoms with Crippen molar-refractivity contribution in [3.8, 4) is 0 Å². The van der Waals surface area contributed by atoms with Crippen molar-refractivity contribution in [2.45, 2.75) is 19.8 Å². The summed E-state index contributed by atoms with van der Waals surface area (Å²) in [5.74, 6) is 1.31. The van der Waals surface area contributed by atoms with Gasteiger partial charge in [-0.3, -0.25) is 0 Å². The topological polar surface area (TPSA) is 23.8 Å². The first-order valence-electron chi connectivity index (χ1n) is 5.02. The molecule has 80 valence electrons. The Bertz CT molecular complexity index is 197. The highest BCUT2D eigenvalue weighted by Crippen LogP contribution is 1.98. The second kappa shape index (κ2) is 10.6. The third-order valence-electron chi connectivity index (χ3n) is 1.66. The van der Waals surface area contributed by atoms with Gasteiger partial charge in [-0.2, -0.15) is 11.8 Å². The van der Waals surface area contributed by atoms with Gasteiger partial charge in [-0.05, 0) is 30.4 Å². The molecule has 1 aromatic rings. The van der Waals surface area contributed by atoms with Crippen LogP contribution < -0.4 is 0 Å². The monoisotopic (exact) mass is 210 g/mol. The van der Waals surface area contributed by atoms with Crippen LogP contribution in [0.25, 0.3) is 5.73 Å². The molecule has 0 heterocycles. The molecular formula is C12H20NS-. The van der Waals surface area contributed by atoms with Crippen LogP contribution in [-0.4, -0.2) is 18.6 Å². The van der Waals surface area contributed by atoms with E-state index in [9.17, 15) is 0 Å². The molecule has 0 unspecified atom stereocenters. The molecule has 0 bridgehead atoms. The Hall–Kier alpha value is -0.470. The average molecular weight is 210 g/mol. The van der Waals surface area contributed by atoms with Crippen LogP contribution in [0, 0.1) is 0 Å². The quantitative estimate of drug-likeness (QED) is 0.735. The van der Waals surface area contributed by atoms with E-state index in [0.29, 0.717) is 6.54 Å². The van der Waals surface area contributed by atoms with Crippen LogP contribution >= 0.6 is 11.8 Å². The van der Waals surface area contributed by atoms with Crippen molar-refractivity contribution in [3.05, 3.63) is 41.6 Å². The lowest BCUT2D eigenvalue weighted by molar-refractivity contribution is 1.09. The molecule has 0 aromatic heterocycles. The van der Waals surface area contributed by atoms with E-state index in [4.69, 9.17) is 5.73 Å². The fraction of sp³-hybridized carbons (Fsp3) is 0.500. The summed E-state index contributed by atoms with van der Waals surface area (Å²) >= 11 is 1.90. The summed E-state index contributed by atoms with van der Waals surface area (Å²) in [5.41, 5.74) is 8.20. The highest BCUT2D eigenvalue weighted by Gasteiger charge is 1.81. The van der Waals surface area contributed by atoms with Gasteiger partial charge in [-0.25, -0.2) is 0 Å². The third kappa shape index (κ3) is 8.14. The molecule has 0 atom stereocenters. The van der Waals surface area contributed by atoms with Gasteiger partial charge in [0, 0.05) is 0 Å². The van der Waals surface area contributed by atoms with Crippen molar-refractivity contribution in [1.29, 1.82) is 0 Å². The molecule has 0 fully saturated rings. The minimum absolute atomic E-state index is 0.490. The summed E-state index contributed by atoms with van der Waals surface area (Å²) in [6.07, 6.45) is 4.31. The maximum Gasteiger partial charge on any atom is -0.00729 e. The van der Waals surface area contributed by atoms with Crippen molar-refractivity contribution >= 4 is 11.8 Å². The third-order valence-corrected chi connectivity index (χ3v) is 2.48. The molecule has 1 nitrogen and oxygen atoms in total. The van der Waals surface area contributed by atoms with E-state index in [1.54, 1.807) is 0 Å². The molecule has 0 amide bonds. The van der Waals surface area contributed by atoms with Gasteiger partial charge < -0.3 is 5.73 Å². The SMILES string of the molecule is CCCSC.[NH-]CCc1ccccc1. The zero-order chi connectivity index (χ0) is 10.6. The van der Waals surface area contributed by atoms with E-state index in [-0.39, 0.29) is 0 Å². The molecule has 1 N–H and O–H groups in total. The van der Waals surface area contributed by atoms with Gasteiger partial charge in [-0.1, -0.05) is 37.3 Å². The molecule has 1 rings (SSSR count). The Morgan fingerprint density at radius 3 is 2.21 bits per heavy atom. The first-order chi connectivity index (χ1) is 6.85. The lowest BCUT2D eigenvalue weighted by Crippen LogP contribution is -1.84. The zero-order valence-corrected chi connectivity index (χ0v) is 9.94. The highest BCUT2D eigenvalue weighted by molar-refractivity contribution is 7.98. The van der Waals surface area contributed by atoms with E-state index in [0.717, 1.165) is 6.42 Å². The van der Waals surface area contributed by atoms with E-state index in [2.05, 4.69) is 25.3 Å². The van der Waals surface area contributed by atoms with Gasteiger partial charge in [0.1, 0.15) is 0 Å². The molecule has 2 heteroatoms. The van der Waals surface area contributed by atoms with Crippen LogP contribution in [0.15, 0.2) is 30.3 Å². The maximum atomic E-state index is 6.94. The van der Waals surface area contributed by atoms with Gasteiger partial charge >= 0.3 is 0 Å². The summed E-state index contributed by atoms with van der Waals surface area (Å²) in [5, 5.41) is 0. The standard InChI is InChI=1S/C8H10N.C4H10S/c9-7-6-8-4-2-1-3-5-8;1-3-4-5-2/h1-5,9H,6-7H2;3-4H2,1-2H3/q-1;. The summed E-state index contributed by atoms with van der Waals surface area (Å²) in [6.45, 7) is 2.68. The number of hydrogen-bond donors (Lipinski definition) is 0. The molecule has 0 aliphatic carbocycles. The van der Waals surface area contributed by atoms with E-state index in [1.165, 1.54) is 17.7 Å². The normalized spacial score (nSPS) is 9.07. The smallest absolute Gasteiger partial charge is 0.00729 e. The fourth-order valence-electron chi connectivity index (χ4n) is 0.993. The average Bonchev–Trinajstić information content (AvgIpc) is 2.22. The Balaban J connectivity index is 0.000000292. The van der Waals surface area contributed by atoms with E-state index in [1.807, 2.05) is 30.0 Å². The molecule has 0 spiro atoms. The summed E-state index contributed by atoms with van der Waals surface area (Å²) in [7, 11) is 0. The van der Waals surface area contributed by atoms with Crippen molar-refractivity contribution in [2.24, 2.45) is 0 Å². The van der Waals surface area contributed by atoms with Crippen molar-refractivity contribution < 1.29 is 0 Å².